The van der Waals surface area contributed by atoms with Crippen molar-refractivity contribution in [2.24, 2.45) is 7.05 Å². The lowest BCUT2D eigenvalue weighted by Gasteiger charge is -2.08. The zero-order chi connectivity index (χ0) is 13.0. The molecular formula is C9H16ClN5O3. The van der Waals surface area contributed by atoms with Crippen molar-refractivity contribution in [1.29, 1.82) is 0 Å². The fourth-order valence-electron chi connectivity index (χ4n) is 1.22. The Morgan fingerprint density at radius 3 is 2.67 bits per heavy atom. The molecule has 18 heavy (non-hydrogen) atoms. The molecule has 102 valence electrons. The second-order valence-electron chi connectivity index (χ2n) is 3.85. The van der Waals surface area contributed by atoms with E-state index in [1.54, 1.807) is 7.05 Å². The molecule has 0 aromatic carbocycles. The Morgan fingerprint density at radius 2 is 2.22 bits per heavy atom. The highest BCUT2D eigenvalue weighted by Gasteiger charge is 2.22. The predicted octanol–water partition coefficient (Wildman–Crippen LogP) is 0.0415. The molecule has 1 aromatic rings. The van der Waals surface area contributed by atoms with E-state index < -0.39 is 10.8 Å². The minimum Gasteiger partial charge on any atom is -0.358 e. The molecule has 9 heteroatoms. The Hall–Kier alpha value is -1.67. The van der Waals surface area contributed by atoms with Gasteiger partial charge >= 0.3 is 17.5 Å². The van der Waals surface area contributed by atoms with Crippen LogP contribution >= 0.6 is 12.4 Å². The van der Waals surface area contributed by atoms with Crippen LogP contribution < -0.4 is 5.32 Å². The molecule has 1 aromatic heterocycles. The average molecular weight is 278 g/mol. The summed E-state index contributed by atoms with van der Waals surface area (Å²) >= 11 is 0. The Bertz CT molecular complexity index is 432. The monoisotopic (exact) mass is 277 g/mol. The number of likely N-dealkylation sites (N-methyl/N-ethyl adjacent to an activating group) is 1. The third-order valence-electron chi connectivity index (χ3n) is 2.10. The van der Waals surface area contributed by atoms with Crippen molar-refractivity contribution in [3.63, 3.8) is 0 Å². The van der Waals surface area contributed by atoms with Crippen molar-refractivity contribution >= 4 is 24.1 Å². The highest BCUT2D eigenvalue weighted by Crippen LogP contribution is 2.08. The van der Waals surface area contributed by atoms with Crippen LogP contribution in [-0.2, 0) is 7.05 Å². The molecule has 0 unspecified atom stereocenters. The molecule has 0 radical (unpaired) electrons. The van der Waals surface area contributed by atoms with Crippen LogP contribution in [0.25, 0.3) is 0 Å². The van der Waals surface area contributed by atoms with Gasteiger partial charge in [0.2, 0.25) is 0 Å². The lowest BCUT2D eigenvalue weighted by molar-refractivity contribution is -0.389. The van der Waals surface area contributed by atoms with E-state index >= 15 is 0 Å². The number of amides is 1. The van der Waals surface area contributed by atoms with E-state index in [-0.39, 0.29) is 24.0 Å². The van der Waals surface area contributed by atoms with Crippen LogP contribution in [0.2, 0.25) is 0 Å². The number of nitro groups is 1. The van der Waals surface area contributed by atoms with Crippen LogP contribution in [0.3, 0.4) is 0 Å². The maximum Gasteiger partial charge on any atom is 0.382 e. The van der Waals surface area contributed by atoms with E-state index in [2.05, 4.69) is 10.3 Å². The molecule has 0 spiro atoms. The van der Waals surface area contributed by atoms with Crippen molar-refractivity contribution in [3.8, 4) is 0 Å². The van der Waals surface area contributed by atoms with Gasteiger partial charge in [-0.1, -0.05) is 0 Å². The molecule has 0 bridgehead atoms. The lowest BCUT2D eigenvalue weighted by atomic mass is 10.5. The van der Waals surface area contributed by atoms with E-state index in [4.69, 9.17) is 0 Å². The zero-order valence-corrected chi connectivity index (χ0v) is 11.2. The van der Waals surface area contributed by atoms with Crippen molar-refractivity contribution in [3.05, 3.63) is 22.1 Å². The molecule has 0 saturated carbocycles. The van der Waals surface area contributed by atoms with Gasteiger partial charge in [-0.05, 0) is 24.0 Å². The number of nitrogens with zero attached hydrogens (tertiary/aromatic N) is 4. The number of carbonyl (C=O) groups is 1. The molecule has 0 fully saturated rings. The van der Waals surface area contributed by atoms with Gasteiger partial charge in [-0.2, -0.15) is 0 Å². The quantitative estimate of drug-likeness (QED) is 0.606. The summed E-state index contributed by atoms with van der Waals surface area (Å²) in [7, 11) is 5.32. The van der Waals surface area contributed by atoms with Gasteiger partial charge in [0.15, 0.2) is 0 Å². The molecule has 0 aliphatic heterocycles. The number of hydrogen-bond acceptors (Lipinski definition) is 5. The first-order valence-corrected chi connectivity index (χ1v) is 5.02. The molecule has 0 aliphatic rings. The summed E-state index contributed by atoms with van der Waals surface area (Å²) < 4.78 is 1.34. The zero-order valence-electron chi connectivity index (χ0n) is 10.4. The number of rotatable bonds is 5. The van der Waals surface area contributed by atoms with Crippen LogP contribution in [0, 0.1) is 10.1 Å². The third kappa shape index (κ3) is 4.30. The maximum absolute atomic E-state index is 11.6. The molecule has 0 aliphatic carbocycles. The summed E-state index contributed by atoms with van der Waals surface area (Å²) in [5.41, 5.74) is 0. The first kappa shape index (κ1) is 16.3. The fourth-order valence-corrected chi connectivity index (χ4v) is 1.22. The number of imidazole rings is 1. The number of hydrogen-bond donors (Lipinski definition) is 1. The maximum atomic E-state index is 11.6. The second kappa shape index (κ2) is 6.92. The van der Waals surface area contributed by atoms with Crippen molar-refractivity contribution in [2.75, 3.05) is 27.2 Å². The van der Waals surface area contributed by atoms with Gasteiger partial charge in [-0.15, -0.1) is 12.4 Å². The number of nitrogens with one attached hydrogen (secondary N) is 1. The van der Waals surface area contributed by atoms with Crippen LogP contribution in [-0.4, -0.2) is 52.5 Å². The van der Waals surface area contributed by atoms with Gasteiger partial charge < -0.3 is 24.9 Å². The fraction of sp³-hybridized carbons (Fsp3) is 0.556. The number of aryl methyl sites for hydroxylation is 1. The summed E-state index contributed by atoms with van der Waals surface area (Å²) in [4.78, 5) is 27.1. The average Bonchev–Trinajstić information content (AvgIpc) is 2.59. The van der Waals surface area contributed by atoms with Crippen molar-refractivity contribution < 1.29 is 9.72 Å². The summed E-state index contributed by atoms with van der Waals surface area (Å²) in [6.07, 6.45) is 1.21. The number of aromatic nitrogens is 2. The molecule has 8 nitrogen and oxygen atoms in total. The van der Waals surface area contributed by atoms with Gasteiger partial charge in [-0.3, -0.25) is 4.79 Å². The molecule has 0 saturated heterocycles. The van der Waals surface area contributed by atoms with Gasteiger partial charge in [-0.25, -0.2) is 0 Å². The SMILES string of the molecule is CN(C)CCNC(=O)c1nc([N+](=O)[O-])cn1C.Cl. The van der Waals surface area contributed by atoms with Crippen molar-refractivity contribution in [1.82, 2.24) is 19.8 Å². The van der Waals surface area contributed by atoms with Crippen LogP contribution in [0.5, 0.6) is 0 Å². The normalized spacial score (nSPS) is 10.0. The van der Waals surface area contributed by atoms with Gasteiger partial charge in [0.05, 0.1) is 0 Å². The predicted molar refractivity (Wildman–Crippen MR) is 68.0 cm³/mol. The summed E-state index contributed by atoms with van der Waals surface area (Å²) in [6, 6.07) is 0. The van der Waals surface area contributed by atoms with Crippen LogP contribution in [0.15, 0.2) is 6.20 Å². The lowest BCUT2D eigenvalue weighted by Crippen LogP contribution is -2.32. The van der Waals surface area contributed by atoms with E-state index in [0.29, 0.717) is 13.1 Å². The third-order valence-corrected chi connectivity index (χ3v) is 2.10. The Labute approximate surface area is 111 Å². The largest absolute Gasteiger partial charge is 0.382 e. The van der Waals surface area contributed by atoms with Crippen LogP contribution in [0.1, 0.15) is 10.6 Å². The highest BCUT2D eigenvalue weighted by molar-refractivity contribution is 5.91. The van der Waals surface area contributed by atoms with E-state index in [9.17, 15) is 14.9 Å². The van der Waals surface area contributed by atoms with Gasteiger partial charge in [0, 0.05) is 20.1 Å². The summed E-state index contributed by atoms with van der Waals surface area (Å²) in [6.45, 7) is 1.16. The Morgan fingerprint density at radius 1 is 1.61 bits per heavy atom. The first-order chi connectivity index (χ1) is 7.91. The van der Waals surface area contributed by atoms with E-state index in [1.165, 1.54) is 10.8 Å². The van der Waals surface area contributed by atoms with E-state index in [0.717, 1.165) is 0 Å². The van der Waals surface area contributed by atoms with Gasteiger partial charge in [0.25, 0.3) is 0 Å². The number of carbonyl (C=O) groups excluding carboxylic acids is 1. The highest BCUT2D eigenvalue weighted by atomic mass is 35.5. The number of halogens is 1. The minimum absolute atomic E-state index is 0. The Balaban J connectivity index is 0.00000289. The topological polar surface area (TPSA) is 93.3 Å². The second-order valence-corrected chi connectivity index (χ2v) is 3.85. The molecule has 1 heterocycles. The summed E-state index contributed by atoms with van der Waals surface area (Å²) in [5, 5.41) is 13.1. The summed E-state index contributed by atoms with van der Waals surface area (Å²) in [5.74, 6) is -0.705. The molecule has 0 atom stereocenters. The van der Waals surface area contributed by atoms with Crippen molar-refractivity contribution in [2.45, 2.75) is 0 Å². The molecule has 1 amide bonds. The molecular weight excluding hydrogens is 262 g/mol. The Kier molecular flexibility index (Phi) is 6.28. The molecule has 1 rings (SSSR count). The van der Waals surface area contributed by atoms with E-state index in [1.807, 2.05) is 19.0 Å². The molecule has 1 N–H and O–H groups in total. The van der Waals surface area contributed by atoms with Crippen LogP contribution in [0.4, 0.5) is 5.82 Å². The standard InChI is InChI=1S/C9H15N5O3.ClH/c1-12(2)5-4-10-9(15)8-11-7(14(16)17)6-13(8)3;/h6H,4-5H2,1-3H3,(H,10,15);1H. The van der Waals surface area contributed by atoms with Gasteiger partial charge in [0.1, 0.15) is 6.20 Å². The minimum atomic E-state index is -0.628. The smallest absolute Gasteiger partial charge is 0.358 e. The first-order valence-electron chi connectivity index (χ1n) is 5.02.